The Labute approximate surface area is 123 Å². The Kier molecular flexibility index (Phi) is 4.00. The van der Waals surface area contributed by atoms with Crippen molar-refractivity contribution in [2.45, 2.75) is 77.5 Å². The predicted octanol–water partition coefficient (Wildman–Crippen LogP) is 2.69. The largest absolute Gasteiger partial charge is 0.307 e. The van der Waals surface area contributed by atoms with Gasteiger partial charge in [0.1, 0.15) is 0 Å². The van der Waals surface area contributed by atoms with E-state index in [9.17, 15) is 0 Å². The van der Waals surface area contributed by atoms with Crippen LogP contribution in [0.1, 0.15) is 64.8 Å². The van der Waals surface area contributed by atoms with E-state index >= 15 is 0 Å². The number of aromatic nitrogens is 2. The summed E-state index contributed by atoms with van der Waals surface area (Å²) >= 11 is 0. The van der Waals surface area contributed by atoms with Crippen LogP contribution in [0, 0.1) is 6.92 Å². The zero-order valence-electron chi connectivity index (χ0n) is 14.0. The van der Waals surface area contributed by atoms with Crippen LogP contribution in [0.25, 0.3) is 0 Å². The maximum absolute atomic E-state index is 4.45. The smallest absolute Gasteiger partial charge is 0.0641 e. The molecule has 1 fully saturated rings. The van der Waals surface area contributed by atoms with Crippen molar-refractivity contribution < 1.29 is 0 Å². The van der Waals surface area contributed by atoms with Gasteiger partial charge in [-0.2, -0.15) is 5.10 Å². The minimum atomic E-state index is 0.184. The van der Waals surface area contributed by atoms with Gasteiger partial charge in [-0.1, -0.05) is 0 Å². The summed E-state index contributed by atoms with van der Waals surface area (Å²) in [6.07, 6.45) is 4.44. The minimum Gasteiger partial charge on any atom is -0.307 e. The van der Waals surface area contributed by atoms with E-state index in [4.69, 9.17) is 0 Å². The van der Waals surface area contributed by atoms with Crippen LogP contribution < -0.4 is 10.6 Å². The molecule has 0 radical (unpaired) electrons. The molecule has 2 N–H and O–H groups in total. The van der Waals surface area contributed by atoms with Crippen LogP contribution in [0.15, 0.2) is 6.20 Å². The zero-order valence-corrected chi connectivity index (χ0v) is 14.0. The maximum atomic E-state index is 4.45. The third-order valence-corrected chi connectivity index (χ3v) is 4.19. The van der Waals surface area contributed by atoms with Gasteiger partial charge in [-0.3, -0.25) is 4.68 Å². The van der Waals surface area contributed by atoms with Gasteiger partial charge in [0.25, 0.3) is 0 Å². The molecule has 2 rings (SSSR count). The van der Waals surface area contributed by atoms with Crippen LogP contribution in [-0.2, 0) is 7.05 Å². The Hall–Kier alpha value is -0.870. The third-order valence-electron chi connectivity index (χ3n) is 4.19. The number of piperidine rings is 1. The monoisotopic (exact) mass is 278 g/mol. The number of nitrogens with zero attached hydrogens (tertiary/aromatic N) is 2. The highest BCUT2D eigenvalue weighted by Crippen LogP contribution is 2.30. The summed E-state index contributed by atoms with van der Waals surface area (Å²) < 4.78 is 1.90. The number of hydrogen-bond acceptors (Lipinski definition) is 3. The lowest BCUT2D eigenvalue weighted by Crippen LogP contribution is -2.61. The molecule has 2 heterocycles. The minimum absolute atomic E-state index is 0.184. The van der Waals surface area contributed by atoms with Crippen molar-refractivity contribution in [1.29, 1.82) is 0 Å². The van der Waals surface area contributed by atoms with E-state index < -0.39 is 0 Å². The normalized spacial score (nSPS) is 23.8. The molecule has 0 bridgehead atoms. The van der Waals surface area contributed by atoms with Gasteiger partial charge in [-0.25, -0.2) is 0 Å². The van der Waals surface area contributed by atoms with E-state index in [1.807, 2.05) is 11.7 Å². The molecule has 0 saturated carbocycles. The first-order valence-corrected chi connectivity index (χ1v) is 7.63. The summed E-state index contributed by atoms with van der Waals surface area (Å²) in [5.41, 5.74) is 2.80. The Bertz CT molecular complexity index is 457. The van der Waals surface area contributed by atoms with Gasteiger partial charge in [-0.15, -0.1) is 0 Å². The molecule has 1 aromatic heterocycles. The molecular weight excluding hydrogens is 248 g/mol. The molecule has 114 valence electrons. The number of hydrogen-bond donors (Lipinski definition) is 2. The van der Waals surface area contributed by atoms with Crippen molar-refractivity contribution in [3.8, 4) is 0 Å². The van der Waals surface area contributed by atoms with Crippen LogP contribution in [0.4, 0.5) is 0 Å². The molecule has 1 saturated heterocycles. The topological polar surface area (TPSA) is 41.9 Å². The molecule has 4 heteroatoms. The van der Waals surface area contributed by atoms with Crippen molar-refractivity contribution in [1.82, 2.24) is 20.4 Å². The van der Waals surface area contributed by atoms with E-state index in [0.29, 0.717) is 12.1 Å². The van der Waals surface area contributed by atoms with Crippen LogP contribution in [0.5, 0.6) is 0 Å². The number of aryl methyl sites for hydroxylation is 2. The van der Waals surface area contributed by atoms with E-state index in [1.54, 1.807) is 0 Å². The second kappa shape index (κ2) is 5.15. The second-order valence-corrected chi connectivity index (χ2v) is 7.73. The van der Waals surface area contributed by atoms with Crippen molar-refractivity contribution >= 4 is 0 Å². The average Bonchev–Trinajstić information content (AvgIpc) is 2.52. The molecule has 0 aliphatic carbocycles. The summed E-state index contributed by atoms with van der Waals surface area (Å²) in [6.45, 7) is 13.5. The molecule has 1 aliphatic heterocycles. The highest BCUT2D eigenvalue weighted by molar-refractivity contribution is 5.19. The van der Waals surface area contributed by atoms with Gasteiger partial charge < -0.3 is 10.6 Å². The molecule has 1 aromatic rings. The fourth-order valence-electron chi connectivity index (χ4n) is 3.93. The quantitative estimate of drug-likeness (QED) is 0.893. The molecule has 4 nitrogen and oxygen atoms in total. The maximum Gasteiger partial charge on any atom is 0.0641 e. The lowest BCUT2D eigenvalue weighted by atomic mass is 9.79. The van der Waals surface area contributed by atoms with Crippen LogP contribution in [0.2, 0.25) is 0 Å². The Morgan fingerprint density at radius 1 is 1.30 bits per heavy atom. The molecule has 1 atom stereocenters. The Balaban J connectivity index is 2.07. The molecular formula is C16H30N4. The van der Waals surface area contributed by atoms with Crippen LogP contribution >= 0.6 is 0 Å². The first-order chi connectivity index (χ1) is 9.08. The van der Waals surface area contributed by atoms with Crippen molar-refractivity contribution in [2.75, 3.05) is 0 Å². The van der Waals surface area contributed by atoms with E-state index in [2.05, 4.69) is 63.5 Å². The van der Waals surface area contributed by atoms with Gasteiger partial charge in [0.05, 0.1) is 5.69 Å². The Morgan fingerprint density at radius 3 is 2.30 bits per heavy atom. The van der Waals surface area contributed by atoms with Crippen LogP contribution in [0.3, 0.4) is 0 Å². The first-order valence-electron chi connectivity index (χ1n) is 7.63. The van der Waals surface area contributed by atoms with Gasteiger partial charge >= 0.3 is 0 Å². The standard InChI is InChI=1S/C16H30N4/c1-11(14-10-20(7)18-12(14)2)17-13-8-15(3,4)19-16(5,6)9-13/h10-11,13,17,19H,8-9H2,1-7H3. The molecule has 0 aromatic carbocycles. The Morgan fingerprint density at radius 2 is 1.85 bits per heavy atom. The van der Waals surface area contributed by atoms with E-state index in [0.717, 1.165) is 18.5 Å². The molecule has 0 spiro atoms. The van der Waals surface area contributed by atoms with Gasteiger partial charge in [0, 0.05) is 42.0 Å². The molecule has 0 amide bonds. The summed E-state index contributed by atoms with van der Waals surface area (Å²) in [7, 11) is 1.99. The summed E-state index contributed by atoms with van der Waals surface area (Å²) in [4.78, 5) is 0. The lowest BCUT2D eigenvalue weighted by molar-refractivity contribution is 0.141. The van der Waals surface area contributed by atoms with E-state index in [-0.39, 0.29) is 11.1 Å². The highest BCUT2D eigenvalue weighted by Gasteiger charge is 2.38. The van der Waals surface area contributed by atoms with Gasteiger partial charge in [0.2, 0.25) is 0 Å². The SMILES string of the molecule is Cc1nn(C)cc1C(C)NC1CC(C)(C)NC(C)(C)C1. The highest BCUT2D eigenvalue weighted by atomic mass is 15.3. The van der Waals surface area contributed by atoms with Gasteiger partial charge in [0.15, 0.2) is 0 Å². The first kappa shape index (κ1) is 15.5. The summed E-state index contributed by atoms with van der Waals surface area (Å²) in [5, 5.41) is 12.0. The predicted molar refractivity (Wildman–Crippen MR) is 83.8 cm³/mol. The summed E-state index contributed by atoms with van der Waals surface area (Å²) in [6, 6.07) is 0.884. The summed E-state index contributed by atoms with van der Waals surface area (Å²) in [5.74, 6) is 0. The fourth-order valence-corrected chi connectivity index (χ4v) is 3.93. The third kappa shape index (κ3) is 3.61. The number of rotatable bonds is 3. The van der Waals surface area contributed by atoms with Crippen molar-refractivity contribution in [3.05, 3.63) is 17.5 Å². The number of nitrogens with one attached hydrogen (secondary N) is 2. The van der Waals surface area contributed by atoms with Gasteiger partial charge in [-0.05, 0) is 54.4 Å². The van der Waals surface area contributed by atoms with Crippen molar-refractivity contribution in [2.24, 2.45) is 7.05 Å². The lowest BCUT2D eigenvalue weighted by Gasteiger charge is -2.47. The molecule has 1 aliphatic rings. The van der Waals surface area contributed by atoms with E-state index in [1.165, 1.54) is 5.56 Å². The zero-order chi connectivity index (χ0) is 15.1. The fraction of sp³-hybridized carbons (Fsp3) is 0.812. The molecule has 20 heavy (non-hydrogen) atoms. The average molecular weight is 278 g/mol. The van der Waals surface area contributed by atoms with Crippen LogP contribution in [-0.4, -0.2) is 26.9 Å². The second-order valence-electron chi connectivity index (χ2n) is 7.73. The molecule has 1 unspecified atom stereocenters. The van der Waals surface area contributed by atoms with Crippen molar-refractivity contribution in [3.63, 3.8) is 0 Å².